The molecule has 0 heterocycles. The molecule has 0 aromatic carbocycles. The van der Waals surface area contributed by atoms with Crippen LogP contribution in [0.5, 0.6) is 0 Å². The summed E-state index contributed by atoms with van der Waals surface area (Å²) in [5.41, 5.74) is 0. The lowest BCUT2D eigenvalue weighted by Gasteiger charge is -2.22. The molecule has 0 spiro atoms. The largest absolute Gasteiger partial charge is 0.396 e. The molecule has 0 saturated heterocycles. The fourth-order valence-corrected chi connectivity index (χ4v) is 2.45. The van der Waals surface area contributed by atoms with Crippen molar-refractivity contribution in [1.82, 2.24) is 5.32 Å². The van der Waals surface area contributed by atoms with Gasteiger partial charge in [-0.25, -0.2) is 0 Å². The van der Waals surface area contributed by atoms with Crippen LogP contribution in [0.2, 0.25) is 0 Å². The van der Waals surface area contributed by atoms with Crippen LogP contribution in [0, 0.1) is 5.92 Å². The van der Waals surface area contributed by atoms with Crippen molar-refractivity contribution in [2.75, 3.05) is 13.2 Å². The molecule has 0 aliphatic heterocycles. The second kappa shape index (κ2) is 7.28. The molecule has 1 rings (SSSR count). The third-order valence-electron chi connectivity index (χ3n) is 3.59. The summed E-state index contributed by atoms with van der Waals surface area (Å²) in [5.74, 6) is -0.494. The molecule has 0 unspecified atom stereocenters. The van der Waals surface area contributed by atoms with Gasteiger partial charge in [0.15, 0.2) is 0 Å². The highest BCUT2D eigenvalue weighted by Gasteiger charge is 2.47. The normalized spacial score (nSPS) is 37.6. The molecule has 1 aliphatic rings. The van der Waals surface area contributed by atoms with E-state index in [1.54, 1.807) is 0 Å². The van der Waals surface area contributed by atoms with E-state index < -0.39 is 30.3 Å². The van der Waals surface area contributed by atoms with E-state index in [4.69, 9.17) is 5.11 Å². The van der Waals surface area contributed by atoms with Crippen LogP contribution in [0.3, 0.4) is 0 Å². The van der Waals surface area contributed by atoms with Gasteiger partial charge in [-0.1, -0.05) is 26.2 Å². The summed E-state index contributed by atoms with van der Waals surface area (Å²) in [7, 11) is 0. The van der Waals surface area contributed by atoms with Gasteiger partial charge < -0.3 is 25.7 Å². The molecular formula is C12H25NO4. The highest BCUT2D eigenvalue weighted by atomic mass is 16.4. The SMILES string of the molecule is CCCCCCN[C@H]1[C@H](O)[C@@H](O)[C@@H](O)[C@H]1CO. The van der Waals surface area contributed by atoms with Crippen molar-refractivity contribution in [2.24, 2.45) is 5.92 Å². The maximum Gasteiger partial charge on any atom is 0.108 e. The minimum atomic E-state index is -1.17. The Morgan fingerprint density at radius 2 is 1.65 bits per heavy atom. The molecule has 17 heavy (non-hydrogen) atoms. The number of rotatable bonds is 7. The number of aliphatic hydroxyl groups is 4. The van der Waals surface area contributed by atoms with Crippen LogP contribution in [0.4, 0.5) is 0 Å². The number of nitrogens with one attached hydrogen (secondary N) is 1. The Morgan fingerprint density at radius 3 is 2.24 bits per heavy atom. The smallest absolute Gasteiger partial charge is 0.108 e. The number of aliphatic hydroxyl groups excluding tert-OH is 4. The molecule has 5 nitrogen and oxygen atoms in total. The molecule has 102 valence electrons. The predicted octanol–water partition coefficient (Wildman–Crippen LogP) is -0.770. The van der Waals surface area contributed by atoms with Crippen LogP contribution in [0.15, 0.2) is 0 Å². The van der Waals surface area contributed by atoms with Crippen molar-refractivity contribution in [3.63, 3.8) is 0 Å². The van der Waals surface area contributed by atoms with E-state index in [1.165, 1.54) is 12.8 Å². The molecular weight excluding hydrogens is 222 g/mol. The molecule has 1 fully saturated rings. The van der Waals surface area contributed by atoms with Gasteiger partial charge in [0.05, 0.1) is 18.8 Å². The molecule has 5 heteroatoms. The van der Waals surface area contributed by atoms with Gasteiger partial charge in [-0.15, -0.1) is 0 Å². The highest BCUT2D eigenvalue weighted by molar-refractivity contribution is 5.01. The summed E-state index contributed by atoms with van der Waals surface area (Å²) >= 11 is 0. The van der Waals surface area contributed by atoms with Crippen LogP contribution in [0.25, 0.3) is 0 Å². The third kappa shape index (κ3) is 3.63. The minimum absolute atomic E-state index is 0.234. The monoisotopic (exact) mass is 247 g/mol. The van der Waals surface area contributed by atoms with Crippen LogP contribution in [-0.2, 0) is 0 Å². The lowest BCUT2D eigenvalue weighted by atomic mass is 10.0. The van der Waals surface area contributed by atoms with Gasteiger partial charge in [0, 0.05) is 12.0 Å². The summed E-state index contributed by atoms with van der Waals surface area (Å²) in [4.78, 5) is 0. The van der Waals surface area contributed by atoms with Crippen molar-refractivity contribution in [2.45, 2.75) is 57.0 Å². The molecule has 0 amide bonds. The Kier molecular flexibility index (Phi) is 6.37. The van der Waals surface area contributed by atoms with E-state index in [1.807, 2.05) is 0 Å². The van der Waals surface area contributed by atoms with Gasteiger partial charge in [-0.2, -0.15) is 0 Å². The molecule has 5 atom stereocenters. The van der Waals surface area contributed by atoms with Crippen LogP contribution < -0.4 is 5.32 Å². The Hall–Kier alpha value is -0.200. The predicted molar refractivity (Wildman–Crippen MR) is 64.5 cm³/mol. The van der Waals surface area contributed by atoms with Crippen molar-refractivity contribution in [3.05, 3.63) is 0 Å². The maximum atomic E-state index is 9.75. The van der Waals surface area contributed by atoms with Gasteiger partial charge in [0.1, 0.15) is 6.10 Å². The van der Waals surface area contributed by atoms with Gasteiger partial charge >= 0.3 is 0 Å². The fraction of sp³-hybridized carbons (Fsp3) is 1.00. The van der Waals surface area contributed by atoms with Crippen LogP contribution in [-0.4, -0.2) is 57.9 Å². The second-order valence-electron chi connectivity index (χ2n) is 4.86. The van der Waals surface area contributed by atoms with E-state index in [-0.39, 0.29) is 6.61 Å². The average Bonchev–Trinajstić information content (AvgIpc) is 2.53. The first-order valence-corrected chi connectivity index (χ1v) is 6.52. The van der Waals surface area contributed by atoms with E-state index in [2.05, 4.69) is 12.2 Å². The van der Waals surface area contributed by atoms with Crippen LogP contribution in [0.1, 0.15) is 32.6 Å². The summed E-state index contributed by atoms with van der Waals surface area (Å²) in [5, 5.41) is 41.2. The first-order valence-electron chi connectivity index (χ1n) is 6.52. The Morgan fingerprint density at radius 1 is 0.941 bits per heavy atom. The average molecular weight is 247 g/mol. The molecule has 0 aromatic rings. The number of unbranched alkanes of at least 4 members (excludes halogenated alkanes) is 3. The van der Waals surface area contributed by atoms with Crippen molar-refractivity contribution in [3.8, 4) is 0 Å². The van der Waals surface area contributed by atoms with Crippen LogP contribution >= 0.6 is 0 Å². The maximum absolute atomic E-state index is 9.75. The summed E-state index contributed by atoms with van der Waals surface area (Å²) in [6.45, 7) is 2.64. The molecule has 1 saturated carbocycles. The molecule has 0 radical (unpaired) electrons. The van der Waals surface area contributed by atoms with Gasteiger partial charge in [0.25, 0.3) is 0 Å². The van der Waals surface area contributed by atoms with E-state index in [9.17, 15) is 15.3 Å². The molecule has 0 aromatic heterocycles. The Labute approximate surface area is 102 Å². The summed E-state index contributed by atoms with van der Waals surface area (Å²) in [6.07, 6.45) is 1.26. The second-order valence-corrected chi connectivity index (χ2v) is 4.86. The minimum Gasteiger partial charge on any atom is -0.396 e. The van der Waals surface area contributed by atoms with Crippen molar-refractivity contribution < 1.29 is 20.4 Å². The summed E-state index contributed by atoms with van der Waals surface area (Å²) < 4.78 is 0. The van der Waals surface area contributed by atoms with E-state index >= 15 is 0 Å². The highest BCUT2D eigenvalue weighted by Crippen LogP contribution is 2.27. The van der Waals surface area contributed by atoms with Gasteiger partial charge in [-0.3, -0.25) is 0 Å². The van der Waals surface area contributed by atoms with E-state index in [0.717, 1.165) is 19.4 Å². The van der Waals surface area contributed by atoms with Crippen molar-refractivity contribution in [1.29, 1.82) is 0 Å². The Balaban J connectivity index is 2.35. The standard InChI is InChI=1S/C12H25NO4/c1-2-3-4-5-6-13-9-8(7-14)10(15)12(17)11(9)16/h8-17H,2-7H2,1H3/t8-,9+,10-,11-,12-/m0/s1. The lowest BCUT2D eigenvalue weighted by Crippen LogP contribution is -2.44. The zero-order chi connectivity index (χ0) is 12.8. The number of hydrogen-bond donors (Lipinski definition) is 5. The zero-order valence-electron chi connectivity index (χ0n) is 10.4. The summed E-state index contributed by atoms with van der Waals surface area (Å²) in [6, 6.07) is -0.424. The quantitative estimate of drug-likeness (QED) is 0.381. The van der Waals surface area contributed by atoms with Gasteiger partial charge in [0.2, 0.25) is 0 Å². The van der Waals surface area contributed by atoms with Crippen molar-refractivity contribution >= 4 is 0 Å². The first kappa shape index (κ1) is 14.9. The first-order chi connectivity index (χ1) is 8.13. The topological polar surface area (TPSA) is 93.0 Å². The van der Waals surface area contributed by atoms with Gasteiger partial charge in [-0.05, 0) is 13.0 Å². The Bertz CT molecular complexity index is 215. The molecule has 1 aliphatic carbocycles. The zero-order valence-corrected chi connectivity index (χ0v) is 10.4. The molecule has 5 N–H and O–H groups in total. The van der Waals surface area contributed by atoms with E-state index in [0.29, 0.717) is 0 Å². The lowest BCUT2D eigenvalue weighted by molar-refractivity contribution is -0.0311. The molecule has 0 bridgehead atoms. The fourth-order valence-electron chi connectivity index (χ4n) is 2.45. The third-order valence-corrected chi connectivity index (χ3v) is 3.59. The number of hydrogen-bond acceptors (Lipinski definition) is 5.